The molecule has 6 nitrogen and oxygen atoms in total. The Morgan fingerprint density at radius 1 is 1.00 bits per heavy atom. The number of hydrazine groups is 1. The number of nitrogens with one attached hydrogen (secondary N) is 2. The molecule has 1 unspecified atom stereocenters. The van der Waals surface area contributed by atoms with Crippen molar-refractivity contribution in [1.29, 1.82) is 0 Å². The first kappa shape index (κ1) is 15.1. The molecule has 1 atom stereocenters. The molecule has 1 aromatic rings. The second-order valence-electron chi connectivity index (χ2n) is 6.54. The van der Waals surface area contributed by atoms with E-state index < -0.39 is 12.0 Å². The third kappa shape index (κ3) is 3.37. The number of carbonyl (C=O) groups excluding carboxylic acids is 2. The van der Waals surface area contributed by atoms with Crippen LogP contribution in [-0.2, 0) is 9.59 Å². The number of benzene rings is 1. The molecule has 2 aliphatic carbocycles. The van der Waals surface area contributed by atoms with Gasteiger partial charge in [-0.2, -0.15) is 0 Å². The second-order valence-corrected chi connectivity index (χ2v) is 6.54. The second kappa shape index (κ2) is 6.19. The summed E-state index contributed by atoms with van der Waals surface area (Å²) in [7, 11) is 0. The molecule has 1 heterocycles. The van der Waals surface area contributed by atoms with Gasteiger partial charge in [0.1, 0.15) is 6.61 Å². The molecule has 126 valence electrons. The van der Waals surface area contributed by atoms with Crippen LogP contribution in [0.5, 0.6) is 11.5 Å². The predicted molar refractivity (Wildman–Crippen MR) is 86.2 cm³/mol. The molecule has 0 saturated heterocycles. The third-order valence-corrected chi connectivity index (χ3v) is 4.51. The largest absolute Gasteiger partial charge is 0.485 e. The lowest BCUT2D eigenvalue weighted by Gasteiger charge is -2.25. The first-order valence-corrected chi connectivity index (χ1v) is 8.40. The molecule has 24 heavy (non-hydrogen) atoms. The maximum atomic E-state index is 12.1. The van der Waals surface area contributed by atoms with Crippen LogP contribution in [-0.4, -0.2) is 24.5 Å². The number of ether oxygens (including phenoxy) is 2. The highest BCUT2D eigenvalue weighted by Crippen LogP contribution is 2.48. The first-order chi connectivity index (χ1) is 11.7. The number of rotatable bonds is 4. The zero-order valence-electron chi connectivity index (χ0n) is 13.3. The molecule has 2 N–H and O–H groups in total. The molecular formula is C18H20N2O4. The molecule has 2 saturated carbocycles. The molecule has 1 aliphatic heterocycles. The van der Waals surface area contributed by atoms with Crippen molar-refractivity contribution in [2.45, 2.75) is 31.8 Å². The average molecular weight is 328 g/mol. The smallest absolute Gasteiger partial charge is 0.283 e. The van der Waals surface area contributed by atoms with Gasteiger partial charge in [0, 0.05) is 6.08 Å². The van der Waals surface area contributed by atoms with Crippen molar-refractivity contribution in [2.75, 3.05) is 6.61 Å². The number of allylic oxidation sites excluding steroid dienone is 1. The standard InChI is InChI=1S/C18H20N2O4/c21-17(9-13(11-5-6-11)12-7-8-12)19-20-18(22)16-10-23-14-3-1-2-4-15(14)24-16/h1-4,9,11-12,16H,5-8,10H2,(H,19,21)(H,20,22). The minimum Gasteiger partial charge on any atom is -0.485 e. The molecule has 0 radical (unpaired) electrons. The molecule has 3 aliphatic rings. The Morgan fingerprint density at radius 2 is 1.67 bits per heavy atom. The van der Waals surface area contributed by atoms with Crippen molar-refractivity contribution in [3.05, 3.63) is 35.9 Å². The van der Waals surface area contributed by atoms with E-state index in [1.54, 1.807) is 18.2 Å². The molecule has 2 fully saturated rings. The number of fused-ring (bicyclic) bond motifs is 1. The lowest BCUT2D eigenvalue weighted by atomic mass is 10.1. The molecule has 2 amide bonds. The Labute approximate surface area is 140 Å². The van der Waals surface area contributed by atoms with Gasteiger partial charge in [0.25, 0.3) is 11.8 Å². The minimum absolute atomic E-state index is 0.115. The fourth-order valence-electron chi connectivity index (χ4n) is 2.94. The number of carbonyl (C=O) groups is 2. The Hall–Kier alpha value is -2.50. The number of hydrogen-bond donors (Lipinski definition) is 2. The van der Waals surface area contributed by atoms with E-state index in [1.165, 1.54) is 31.3 Å². The fourth-order valence-corrected chi connectivity index (χ4v) is 2.94. The van der Waals surface area contributed by atoms with Crippen LogP contribution in [0.2, 0.25) is 0 Å². The summed E-state index contributed by atoms with van der Waals surface area (Å²) in [4.78, 5) is 24.2. The van der Waals surface area contributed by atoms with Gasteiger partial charge < -0.3 is 9.47 Å². The number of amides is 2. The molecule has 0 bridgehead atoms. The van der Waals surface area contributed by atoms with E-state index in [0.717, 1.165) is 0 Å². The number of para-hydroxylation sites is 2. The van der Waals surface area contributed by atoms with Crippen LogP contribution < -0.4 is 20.3 Å². The SMILES string of the molecule is O=C(C=C(C1CC1)C1CC1)NNC(=O)C1COc2ccccc2O1. The predicted octanol–water partition coefficient (Wildman–Crippen LogP) is 1.72. The van der Waals surface area contributed by atoms with Crippen molar-refractivity contribution in [2.24, 2.45) is 11.8 Å². The lowest BCUT2D eigenvalue weighted by Crippen LogP contribution is -2.50. The van der Waals surface area contributed by atoms with Gasteiger partial charge in [-0.05, 0) is 49.7 Å². The zero-order chi connectivity index (χ0) is 16.5. The van der Waals surface area contributed by atoms with E-state index in [-0.39, 0.29) is 12.5 Å². The van der Waals surface area contributed by atoms with Crippen LogP contribution in [0.4, 0.5) is 0 Å². The van der Waals surface area contributed by atoms with Gasteiger partial charge in [-0.25, -0.2) is 0 Å². The van der Waals surface area contributed by atoms with Crippen LogP contribution in [0, 0.1) is 11.8 Å². The molecule has 1 aromatic carbocycles. The average Bonchev–Trinajstić information content (AvgIpc) is 3.49. The summed E-state index contributed by atoms with van der Waals surface area (Å²) in [5.74, 6) is 1.59. The van der Waals surface area contributed by atoms with Crippen LogP contribution in [0.25, 0.3) is 0 Å². The zero-order valence-corrected chi connectivity index (χ0v) is 13.3. The first-order valence-electron chi connectivity index (χ1n) is 8.40. The summed E-state index contributed by atoms with van der Waals surface area (Å²) < 4.78 is 11.1. The van der Waals surface area contributed by atoms with Crippen LogP contribution in [0.1, 0.15) is 25.7 Å². The number of hydrogen-bond acceptors (Lipinski definition) is 4. The molecule has 6 heteroatoms. The molecule has 0 spiro atoms. The molecule has 0 aromatic heterocycles. The summed E-state index contributed by atoms with van der Waals surface area (Å²) in [5.41, 5.74) is 6.11. The monoisotopic (exact) mass is 328 g/mol. The highest BCUT2D eigenvalue weighted by atomic mass is 16.6. The van der Waals surface area contributed by atoms with Gasteiger partial charge in [-0.3, -0.25) is 20.4 Å². The van der Waals surface area contributed by atoms with Gasteiger partial charge in [-0.15, -0.1) is 0 Å². The Morgan fingerprint density at radius 3 is 2.33 bits per heavy atom. The van der Waals surface area contributed by atoms with Gasteiger partial charge >= 0.3 is 0 Å². The maximum Gasteiger partial charge on any atom is 0.283 e. The summed E-state index contributed by atoms with van der Waals surface area (Å²) >= 11 is 0. The van der Waals surface area contributed by atoms with Crippen molar-refractivity contribution < 1.29 is 19.1 Å². The van der Waals surface area contributed by atoms with Gasteiger partial charge in [-0.1, -0.05) is 17.7 Å². The van der Waals surface area contributed by atoms with Crippen LogP contribution in [0.15, 0.2) is 35.9 Å². The highest BCUT2D eigenvalue weighted by molar-refractivity contribution is 5.91. The topological polar surface area (TPSA) is 76.7 Å². The van der Waals surface area contributed by atoms with E-state index in [9.17, 15) is 9.59 Å². The summed E-state index contributed by atoms with van der Waals surface area (Å²) in [5, 5.41) is 0. The van der Waals surface area contributed by atoms with Crippen molar-refractivity contribution in [3.63, 3.8) is 0 Å². The minimum atomic E-state index is -0.782. The Balaban J connectivity index is 1.30. The van der Waals surface area contributed by atoms with E-state index in [4.69, 9.17) is 9.47 Å². The quantitative estimate of drug-likeness (QED) is 0.652. The van der Waals surface area contributed by atoms with Crippen LogP contribution in [0.3, 0.4) is 0 Å². The van der Waals surface area contributed by atoms with Crippen molar-refractivity contribution in [1.82, 2.24) is 10.9 Å². The van der Waals surface area contributed by atoms with Crippen molar-refractivity contribution in [3.8, 4) is 11.5 Å². The summed E-state index contributed by atoms with van der Waals surface area (Å²) in [6, 6.07) is 7.18. The Kier molecular flexibility index (Phi) is 3.88. The Bertz CT molecular complexity index is 678. The maximum absolute atomic E-state index is 12.1. The molecular weight excluding hydrogens is 308 g/mol. The normalized spacial score (nSPS) is 21.6. The van der Waals surface area contributed by atoms with E-state index >= 15 is 0 Å². The van der Waals surface area contributed by atoms with Crippen molar-refractivity contribution >= 4 is 11.8 Å². The van der Waals surface area contributed by atoms with E-state index in [0.29, 0.717) is 23.3 Å². The van der Waals surface area contributed by atoms with Gasteiger partial charge in [0.15, 0.2) is 11.5 Å². The van der Waals surface area contributed by atoms with Gasteiger partial charge in [0.2, 0.25) is 6.10 Å². The molecule has 4 rings (SSSR count). The summed E-state index contributed by atoms with van der Waals surface area (Å²) in [6.07, 6.45) is 5.57. The fraction of sp³-hybridized carbons (Fsp3) is 0.444. The van der Waals surface area contributed by atoms with Crippen LogP contribution >= 0.6 is 0 Å². The third-order valence-electron chi connectivity index (χ3n) is 4.51. The summed E-state index contributed by atoms with van der Waals surface area (Å²) in [6.45, 7) is 0.115. The van der Waals surface area contributed by atoms with E-state index in [1.807, 2.05) is 12.1 Å². The highest BCUT2D eigenvalue weighted by Gasteiger charge is 2.36. The lowest BCUT2D eigenvalue weighted by molar-refractivity contribution is -0.134. The van der Waals surface area contributed by atoms with E-state index in [2.05, 4.69) is 10.9 Å². The van der Waals surface area contributed by atoms with Gasteiger partial charge in [0.05, 0.1) is 0 Å².